The van der Waals surface area contributed by atoms with Crippen molar-refractivity contribution < 1.29 is 14.3 Å². The number of unbranched alkanes of at least 4 members (excludes halogenated alkanes) is 3. The number of hydrogen-bond acceptors (Lipinski definition) is 4. The zero-order chi connectivity index (χ0) is 24.2. The Morgan fingerprint density at radius 2 is 1.76 bits per heavy atom. The Kier molecular flexibility index (Phi) is 9.40. The molecule has 3 rings (SSSR count). The van der Waals surface area contributed by atoms with Gasteiger partial charge in [0, 0.05) is 18.3 Å². The molecule has 0 atom stereocenters. The minimum absolute atomic E-state index is 0.0972. The van der Waals surface area contributed by atoms with E-state index in [1.807, 2.05) is 42.5 Å². The number of nitrogens with one attached hydrogen (secondary N) is 1. The van der Waals surface area contributed by atoms with Crippen molar-refractivity contribution in [1.29, 1.82) is 0 Å². The lowest BCUT2D eigenvalue weighted by Gasteiger charge is -2.06. The molecule has 0 radical (unpaired) electrons. The van der Waals surface area contributed by atoms with Crippen LogP contribution in [0.1, 0.15) is 59.7 Å². The number of carbonyl (C=O) groups excluding carboxylic acids is 2. The van der Waals surface area contributed by atoms with Crippen LogP contribution in [0.3, 0.4) is 0 Å². The topological polar surface area (TPSA) is 112 Å². The normalized spacial score (nSPS) is 11.3. The summed E-state index contributed by atoms with van der Waals surface area (Å²) in [5, 5.41) is 7.15. The van der Waals surface area contributed by atoms with E-state index in [0.717, 1.165) is 36.8 Å². The van der Waals surface area contributed by atoms with Crippen molar-refractivity contribution in [3.05, 3.63) is 89.2 Å². The second-order valence-electron chi connectivity index (χ2n) is 7.96. The molecule has 3 N–H and O–H groups in total. The van der Waals surface area contributed by atoms with Crippen molar-refractivity contribution in [1.82, 2.24) is 15.1 Å². The van der Waals surface area contributed by atoms with E-state index in [9.17, 15) is 9.59 Å². The molecule has 1 heterocycles. The number of nitrogens with two attached hydrogens (primary N) is 1. The smallest absolute Gasteiger partial charge is 0.435 e. The van der Waals surface area contributed by atoms with Gasteiger partial charge in [0.15, 0.2) is 0 Å². The number of aromatic nitrogens is 2. The Bertz CT molecular complexity index is 1090. The largest absolute Gasteiger partial charge is 0.448 e. The highest BCUT2D eigenvalue weighted by molar-refractivity contribution is 6.02. The molecule has 0 unspecified atom stereocenters. The van der Waals surface area contributed by atoms with Gasteiger partial charge in [0.25, 0.3) is 5.91 Å². The molecule has 178 valence electrons. The summed E-state index contributed by atoms with van der Waals surface area (Å²) in [7, 11) is 0. The first-order chi connectivity index (χ1) is 16.5. The van der Waals surface area contributed by atoms with E-state index in [0.29, 0.717) is 30.8 Å². The van der Waals surface area contributed by atoms with Gasteiger partial charge in [0.05, 0.1) is 24.9 Å². The third kappa shape index (κ3) is 7.88. The van der Waals surface area contributed by atoms with E-state index in [1.54, 1.807) is 29.2 Å². The SMILES string of the molecule is CCCCCCOC(=O)N=C(N)c1ccc(CNC(=O)c2cnn(Cc3ccccc3)c2)cc1. The maximum absolute atomic E-state index is 12.5. The lowest BCUT2D eigenvalue weighted by molar-refractivity contribution is 0.0950. The molecular weight excluding hydrogens is 430 g/mol. The fraction of sp³-hybridized carbons (Fsp3) is 0.308. The molecule has 0 bridgehead atoms. The summed E-state index contributed by atoms with van der Waals surface area (Å²) in [5.74, 6) is -0.105. The Morgan fingerprint density at radius 1 is 1.00 bits per heavy atom. The molecule has 34 heavy (non-hydrogen) atoms. The minimum Gasteiger partial charge on any atom is -0.448 e. The van der Waals surface area contributed by atoms with Crippen LogP contribution < -0.4 is 11.1 Å². The van der Waals surface area contributed by atoms with Crippen molar-refractivity contribution in [2.45, 2.75) is 45.7 Å². The molecule has 0 saturated heterocycles. The van der Waals surface area contributed by atoms with Crippen LogP contribution >= 0.6 is 0 Å². The number of amidine groups is 1. The molecule has 0 aliphatic heterocycles. The summed E-state index contributed by atoms with van der Waals surface area (Å²) in [6.07, 6.45) is 6.69. The summed E-state index contributed by atoms with van der Waals surface area (Å²) in [6, 6.07) is 17.1. The number of hydrogen-bond donors (Lipinski definition) is 2. The van der Waals surface area contributed by atoms with Crippen LogP contribution in [0.5, 0.6) is 0 Å². The zero-order valence-electron chi connectivity index (χ0n) is 19.4. The molecule has 1 aromatic heterocycles. The summed E-state index contributed by atoms with van der Waals surface area (Å²) in [4.78, 5) is 28.1. The summed E-state index contributed by atoms with van der Waals surface area (Å²) in [5.41, 5.74) is 9.03. The van der Waals surface area contributed by atoms with Crippen LogP contribution in [0.25, 0.3) is 0 Å². The van der Waals surface area contributed by atoms with Crippen LogP contribution in [-0.4, -0.2) is 34.2 Å². The lowest BCUT2D eigenvalue weighted by atomic mass is 10.1. The average molecular weight is 462 g/mol. The van der Waals surface area contributed by atoms with Crippen molar-refractivity contribution in [2.75, 3.05) is 6.61 Å². The Labute approximate surface area is 199 Å². The Hall–Kier alpha value is -3.94. The van der Waals surface area contributed by atoms with E-state index >= 15 is 0 Å². The van der Waals surface area contributed by atoms with Gasteiger partial charge in [-0.1, -0.05) is 80.8 Å². The fourth-order valence-corrected chi connectivity index (χ4v) is 3.30. The monoisotopic (exact) mass is 461 g/mol. The number of ether oxygens (including phenoxy) is 1. The van der Waals surface area contributed by atoms with Gasteiger partial charge in [-0.25, -0.2) is 4.79 Å². The van der Waals surface area contributed by atoms with Gasteiger partial charge in [-0.3, -0.25) is 9.48 Å². The lowest BCUT2D eigenvalue weighted by Crippen LogP contribution is -2.22. The second-order valence-corrected chi connectivity index (χ2v) is 7.96. The van der Waals surface area contributed by atoms with Gasteiger partial charge in [-0.05, 0) is 17.5 Å². The number of nitrogens with zero attached hydrogens (tertiary/aromatic N) is 3. The van der Waals surface area contributed by atoms with Gasteiger partial charge in [-0.2, -0.15) is 10.1 Å². The molecule has 2 aromatic carbocycles. The molecule has 0 saturated carbocycles. The fourth-order valence-electron chi connectivity index (χ4n) is 3.30. The van der Waals surface area contributed by atoms with E-state index in [-0.39, 0.29) is 11.7 Å². The average Bonchev–Trinajstić information content (AvgIpc) is 3.32. The van der Waals surface area contributed by atoms with Gasteiger partial charge in [0.2, 0.25) is 0 Å². The van der Waals surface area contributed by atoms with Gasteiger partial charge in [-0.15, -0.1) is 0 Å². The predicted molar refractivity (Wildman–Crippen MR) is 132 cm³/mol. The van der Waals surface area contributed by atoms with Crippen LogP contribution in [-0.2, 0) is 17.8 Å². The molecule has 2 amide bonds. The second kappa shape index (κ2) is 12.9. The van der Waals surface area contributed by atoms with Crippen LogP contribution in [0, 0.1) is 0 Å². The first kappa shape index (κ1) is 24.7. The van der Waals surface area contributed by atoms with Gasteiger partial charge in [0.1, 0.15) is 5.84 Å². The number of rotatable bonds is 11. The maximum atomic E-state index is 12.5. The van der Waals surface area contributed by atoms with Crippen LogP contribution in [0.15, 0.2) is 72.0 Å². The highest BCUT2D eigenvalue weighted by Crippen LogP contribution is 2.07. The van der Waals surface area contributed by atoms with E-state index in [1.165, 1.54) is 0 Å². The number of carbonyl (C=O) groups is 2. The van der Waals surface area contributed by atoms with Crippen molar-refractivity contribution in [2.24, 2.45) is 10.7 Å². The molecule has 0 aliphatic rings. The van der Waals surface area contributed by atoms with Gasteiger partial charge >= 0.3 is 6.09 Å². The molecule has 0 aliphatic carbocycles. The first-order valence-corrected chi connectivity index (χ1v) is 11.5. The first-order valence-electron chi connectivity index (χ1n) is 11.5. The third-order valence-electron chi connectivity index (χ3n) is 5.22. The number of amides is 2. The third-order valence-corrected chi connectivity index (χ3v) is 5.22. The van der Waals surface area contributed by atoms with Crippen molar-refractivity contribution in [3.8, 4) is 0 Å². The van der Waals surface area contributed by atoms with Crippen molar-refractivity contribution in [3.63, 3.8) is 0 Å². The van der Waals surface area contributed by atoms with Gasteiger partial charge < -0.3 is 15.8 Å². The molecule has 0 spiro atoms. The van der Waals surface area contributed by atoms with E-state index in [4.69, 9.17) is 10.5 Å². The highest BCUT2D eigenvalue weighted by atomic mass is 16.5. The van der Waals surface area contributed by atoms with E-state index in [2.05, 4.69) is 22.3 Å². The standard InChI is InChI=1S/C26H31N5O3/c1-2-3-4-8-15-34-26(33)30-24(27)22-13-11-20(12-14-22)16-28-25(32)23-17-29-31(19-23)18-21-9-6-5-7-10-21/h5-7,9-14,17,19H,2-4,8,15-16,18H2,1H3,(H,28,32)(H2,27,30,33). The molecule has 8 heteroatoms. The maximum Gasteiger partial charge on any atom is 0.435 e. The molecule has 8 nitrogen and oxygen atoms in total. The highest BCUT2D eigenvalue weighted by Gasteiger charge is 2.09. The molecule has 0 fully saturated rings. The Balaban J connectivity index is 1.46. The Morgan fingerprint density at radius 3 is 2.50 bits per heavy atom. The predicted octanol–water partition coefficient (Wildman–Crippen LogP) is 4.28. The summed E-state index contributed by atoms with van der Waals surface area (Å²) < 4.78 is 6.82. The quantitative estimate of drug-likeness (QED) is 0.251. The molecular formula is C26H31N5O3. The number of aliphatic imine (C=N–C) groups is 1. The van der Waals surface area contributed by atoms with Crippen LogP contribution in [0.2, 0.25) is 0 Å². The zero-order valence-corrected chi connectivity index (χ0v) is 19.4. The van der Waals surface area contributed by atoms with E-state index < -0.39 is 6.09 Å². The molecule has 3 aromatic rings. The number of benzene rings is 2. The van der Waals surface area contributed by atoms with Crippen molar-refractivity contribution >= 4 is 17.8 Å². The van der Waals surface area contributed by atoms with Crippen LogP contribution in [0.4, 0.5) is 4.79 Å². The summed E-state index contributed by atoms with van der Waals surface area (Å²) >= 11 is 0. The minimum atomic E-state index is -0.682. The summed E-state index contributed by atoms with van der Waals surface area (Å²) in [6.45, 7) is 3.42.